The summed E-state index contributed by atoms with van der Waals surface area (Å²) in [7, 11) is 0. The molecular formula is C14H24N2O4. The molecule has 2 saturated heterocycles. The summed E-state index contributed by atoms with van der Waals surface area (Å²) in [6, 6.07) is -0.0195. The van der Waals surface area contributed by atoms with E-state index >= 15 is 0 Å². The van der Waals surface area contributed by atoms with Crippen LogP contribution in [0, 0.1) is 5.92 Å². The number of aliphatic carboxylic acids is 1. The van der Waals surface area contributed by atoms with Gasteiger partial charge in [0.25, 0.3) is 0 Å². The van der Waals surface area contributed by atoms with E-state index in [-0.39, 0.29) is 24.6 Å². The molecule has 2 amide bonds. The first kappa shape index (κ1) is 15.1. The van der Waals surface area contributed by atoms with Crippen molar-refractivity contribution in [3.05, 3.63) is 0 Å². The number of likely N-dealkylation sites (tertiary alicyclic amines) is 1. The van der Waals surface area contributed by atoms with Crippen molar-refractivity contribution in [1.82, 2.24) is 10.2 Å². The Balaban J connectivity index is 1.72. The lowest BCUT2D eigenvalue weighted by Crippen LogP contribution is -2.47. The fraction of sp³-hybridized carbons (Fsp3) is 0.857. The monoisotopic (exact) mass is 284 g/mol. The minimum Gasteiger partial charge on any atom is -0.481 e. The fourth-order valence-corrected chi connectivity index (χ4v) is 2.96. The van der Waals surface area contributed by atoms with Crippen LogP contribution >= 0.6 is 0 Å². The summed E-state index contributed by atoms with van der Waals surface area (Å²) in [5.41, 5.74) is 0. The molecule has 20 heavy (non-hydrogen) atoms. The smallest absolute Gasteiger partial charge is 0.317 e. The number of urea groups is 1. The van der Waals surface area contributed by atoms with Crippen molar-refractivity contribution in [1.29, 1.82) is 0 Å². The molecule has 2 aliphatic heterocycles. The molecule has 2 fully saturated rings. The zero-order valence-electron chi connectivity index (χ0n) is 12.0. The zero-order chi connectivity index (χ0) is 14.5. The Morgan fingerprint density at radius 1 is 1.45 bits per heavy atom. The molecule has 0 saturated carbocycles. The lowest BCUT2D eigenvalue weighted by atomic mass is 10.0. The molecule has 3 unspecified atom stereocenters. The van der Waals surface area contributed by atoms with Crippen molar-refractivity contribution in [2.75, 3.05) is 19.7 Å². The highest BCUT2D eigenvalue weighted by Gasteiger charge is 2.29. The van der Waals surface area contributed by atoms with E-state index in [9.17, 15) is 9.59 Å². The van der Waals surface area contributed by atoms with Gasteiger partial charge >= 0.3 is 12.0 Å². The molecule has 0 radical (unpaired) electrons. The number of rotatable bonds is 5. The van der Waals surface area contributed by atoms with Crippen LogP contribution in [0.4, 0.5) is 4.79 Å². The van der Waals surface area contributed by atoms with Gasteiger partial charge in [-0.25, -0.2) is 4.79 Å². The van der Waals surface area contributed by atoms with Gasteiger partial charge in [-0.05, 0) is 38.5 Å². The maximum atomic E-state index is 12.1. The molecule has 6 heteroatoms. The molecular weight excluding hydrogens is 260 g/mol. The average molecular weight is 284 g/mol. The Morgan fingerprint density at radius 3 is 2.90 bits per heavy atom. The quantitative estimate of drug-likeness (QED) is 0.801. The van der Waals surface area contributed by atoms with Gasteiger partial charge in [0.1, 0.15) is 0 Å². The van der Waals surface area contributed by atoms with Crippen LogP contribution in [-0.4, -0.2) is 53.8 Å². The van der Waals surface area contributed by atoms with Crippen molar-refractivity contribution < 1.29 is 19.4 Å². The van der Waals surface area contributed by atoms with Gasteiger partial charge in [-0.15, -0.1) is 0 Å². The first-order chi connectivity index (χ1) is 9.56. The third kappa shape index (κ3) is 4.10. The van der Waals surface area contributed by atoms with Crippen LogP contribution in [0.15, 0.2) is 0 Å². The minimum absolute atomic E-state index is 0.0306. The second-order valence-corrected chi connectivity index (χ2v) is 5.82. The number of carboxylic acids is 1. The van der Waals surface area contributed by atoms with E-state index < -0.39 is 5.97 Å². The number of hydrogen-bond acceptors (Lipinski definition) is 3. The van der Waals surface area contributed by atoms with Crippen LogP contribution in [0.25, 0.3) is 0 Å². The Labute approximate surface area is 119 Å². The SMILES string of the molecule is CC(NC(=O)N1CCC(CCC(=O)O)C1)C1CCCO1. The summed E-state index contributed by atoms with van der Waals surface area (Å²) in [6.07, 6.45) is 3.93. The molecule has 0 bridgehead atoms. The lowest BCUT2D eigenvalue weighted by Gasteiger charge is -2.24. The lowest BCUT2D eigenvalue weighted by molar-refractivity contribution is -0.137. The topological polar surface area (TPSA) is 78.9 Å². The summed E-state index contributed by atoms with van der Waals surface area (Å²) in [5, 5.41) is 11.7. The molecule has 2 heterocycles. The van der Waals surface area contributed by atoms with Gasteiger partial charge in [0.15, 0.2) is 0 Å². The zero-order valence-corrected chi connectivity index (χ0v) is 12.0. The summed E-state index contributed by atoms with van der Waals surface area (Å²) in [5.74, 6) is -0.449. The second-order valence-electron chi connectivity index (χ2n) is 5.82. The Hall–Kier alpha value is -1.30. The number of nitrogens with one attached hydrogen (secondary N) is 1. The van der Waals surface area contributed by atoms with Crippen LogP contribution < -0.4 is 5.32 Å². The predicted molar refractivity (Wildman–Crippen MR) is 73.5 cm³/mol. The second kappa shape index (κ2) is 6.92. The van der Waals surface area contributed by atoms with Crippen LogP contribution in [0.3, 0.4) is 0 Å². The van der Waals surface area contributed by atoms with E-state index in [0.717, 1.165) is 25.9 Å². The summed E-state index contributed by atoms with van der Waals surface area (Å²) >= 11 is 0. The summed E-state index contributed by atoms with van der Waals surface area (Å²) in [6.45, 7) is 4.14. The van der Waals surface area contributed by atoms with Crippen molar-refractivity contribution in [2.24, 2.45) is 5.92 Å². The van der Waals surface area contributed by atoms with Crippen molar-refractivity contribution in [3.63, 3.8) is 0 Å². The van der Waals surface area contributed by atoms with Gasteiger partial charge in [0.2, 0.25) is 0 Å². The number of carbonyl (C=O) groups is 2. The highest BCUT2D eigenvalue weighted by molar-refractivity contribution is 5.74. The maximum Gasteiger partial charge on any atom is 0.317 e. The summed E-state index contributed by atoms with van der Waals surface area (Å²) in [4.78, 5) is 24.5. The van der Waals surface area contributed by atoms with Gasteiger partial charge < -0.3 is 20.1 Å². The largest absolute Gasteiger partial charge is 0.481 e. The molecule has 0 spiro atoms. The van der Waals surface area contributed by atoms with Crippen molar-refractivity contribution >= 4 is 12.0 Å². The third-order valence-electron chi connectivity index (χ3n) is 4.21. The highest BCUT2D eigenvalue weighted by Crippen LogP contribution is 2.21. The Bertz CT molecular complexity index is 355. The van der Waals surface area contributed by atoms with Crippen LogP contribution in [0.5, 0.6) is 0 Å². The number of amides is 2. The molecule has 2 N–H and O–H groups in total. The minimum atomic E-state index is -0.764. The van der Waals surface area contributed by atoms with Gasteiger partial charge in [0.05, 0.1) is 12.1 Å². The molecule has 114 valence electrons. The van der Waals surface area contributed by atoms with E-state index in [1.165, 1.54) is 0 Å². The molecule has 0 aromatic heterocycles. The van der Waals surface area contributed by atoms with Crippen molar-refractivity contribution in [2.45, 2.75) is 51.2 Å². The number of ether oxygens (including phenoxy) is 1. The molecule has 0 aliphatic carbocycles. The number of carboxylic acid groups (broad SMARTS) is 1. The van der Waals surface area contributed by atoms with Crippen LogP contribution in [0.2, 0.25) is 0 Å². The summed E-state index contributed by atoms with van der Waals surface area (Å²) < 4.78 is 5.57. The first-order valence-corrected chi connectivity index (χ1v) is 7.45. The van der Waals surface area contributed by atoms with E-state index in [4.69, 9.17) is 9.84 Å². The number of nitrogens with zero attached hydrogens (tertiary/aromatic N) is 1. The highest BCUT2D eigenvalue weighted by atomic mass is 16.5. The number of carbonyl (C=O) groups excluding carboxylic acids is 1. The van der Waals surface area contributed by atoms with Crippen LogP contribution in [-0.2, 0) is 9.53 Å². The first-order valence-electron chi connectivity index (χ1n) is 7.45. The van der Waals surface area contributed by atoms with E-state index in [2.05, 4.69) is 5.32 Å². The van der Waals surface area contributed by atoms with Gasteiger partial charge in [0, 0.05) is 26.1 Å². The number of hydrogen-bond donors (Lipinski definition) is 2. The maximum absolute atomic E-state index is 12.1. The van der Waals surface area contributed by atoms with E-state index in [0.29, 0.717) is 25.4 Å². The normalized spacial score (nSPS) is 27.6. The Kier molecular flexibility index (Phi) is 5.23. The van der Waals surface area contributed by atoms with Gasteiger partial charge in [-0.1, -0.05) is 0 Å². The molecule has 2 rings (SSSR count). The molecule has 0 aromatic rings. The van der Waals surface area contributed by atoms with Crippen LogP contribution in [0.1, 0.15) is 39.0 Å². The molecule has 3 atom stereocenters. The molecule has 6 nitrogen and oxygen atoms in total. The van der Waals surface area contributed by atoms with E-state index in [1.54, 1.807) is 4.90 Å². The fourth-order valence-electron chi connectivity index (χ4n) is 2.96. The predicted octanol–water partition coefficient (Wildman–Crippen LogP) is 1.45. The Morgan fingerprint density at radius 2 is 2.25 bits per heavy atom. The van der Waals surface area contributed by atoms with Gasteiger partial charge in [-0.3, -0.25) is 4.79 Å². The third-order valence-corrected chi connectivity index (χ3v) is 4.21. The van der Waals surface area contributed by atoms with Crippen molar-refractivity contribution in [3.8, 4) is 0 Å². The average Bonchev–Trinajstić information content (AvgIpc) is 3.07. The molecule has 0 aromatic carbocycles. The van der Waals surface area contributed by atoms with Gasteiger partial charge in [-0.2, -0.15) is 0 Å². The van der Waals surface area contributed by atoms with E-state index in [1.807, 2.05) is 6.92 Å². The molecule has 2 aliphatic rings. The standard InChI is InChI=1S/C14H24N2O4/c1-10(12-3-2-8-20-12)15-14(19)16-7-6-11(9-16)4-5-13(17)18/h10-12H,2-9H2,1H3,(H,15,19)(H,17,18).